The lowest BCUT2D eigenvalue weighted by molar-refractivity contribution is 0.206. The predicted molar refractivity (Wildman–Crippen MR) is 101 cm³/mol. The van der Waals surface area contributed by atoms with Crippen LogP contribution in [0.1, 0.15) is 31.0 Å². The Morgan fingerprint density at radius 2 is 1.96 bits per heavy atom. The highest BCUT2D eigenvalue weighted by Gasteiger charge is 2.19. The second-order valence-electron chi connectivity index (χ2n) is 5.77. The van der Waals surface area contributed by atoms with Crippen molar-refractivity contribution in [3.8, 4) is 0 Å². The summed E-state index contributed by atoms with van der Waals surface area (Å²) in [5.41, 5.74) is 1.84. The van der Waals surface area contributed by atoms with Gasteiger partial charge in [-0.1, -0.05) is 32.0 Å². The van der Waals surface area contributed by atoms with Gasteiger partial charge in [-0.15, -0.1) is 0 Å². The molecule has 2 rings (SSSR count). The lowest BCUT2D eigenvalue weighted by Crippen LogP contribution is -2.42. The minimum absolute atomic E-state index is 0.165. The molecule has 1 heterocycles. The molecule has 0 saturated heterocycles. The number of nitrogens with one attached hydrogen (secondary N) is 2. The van der Waals surface area contributed by atoms with E-state index < -0.39 is 0 Å². The molecule has 1 atom stereocenters. The van der Waals surface area contributed by atoms with Gasteiger partial charge in [0.05, 0.1) is 6.04 Å². The normalized spacial score (nSPS) is 12.2. The van der Waals surface area contributed by atoms with Gasteiger partial charge in [-0.25, -0.2) is 9.18 Å². The Labute approximate surface area is 153 Å². The second-order valence-corrected chi connectivity index (χ2v) is 6.55. The number of hydrogen-bond acceptors (Lipinski definition) is 3. The highest BCUT2D eigenvalue weighted by atomic mass is 32.1. The summed E-state index contributed by atoms with van der Waals surface area (Å²) in [6.07, 6.45) is 0.476. The molecule has 25 heavy (non-hydrogen) atoms. The highest BCUT2D eigenvalue weighted by Crippen LogP contribution is 2.22. The molecule has 1 aromatic heterocycles. The van der Waals surface area contributed by atoms with E-state index in [1.165, 1.54) is 11.6 Å². The van der Waals surface area contributed by atoms with Gasteiger partial charge in [-0.05, 0) is 53.5 Å². The molecule has 0 saturated carbocycles. The zero-order valence-electron chi connectivity index (χ0n) is 14.8. The van der Waals surface area contributed by atoms with Crippen molar-refractivity contribution in [1.29, 1.82) is 0 Å². The lowest BCUT2D eigenvalue weighted by atomic mass is 10.1. The first-order valence-electron chi connectivity index (χ1n) is 8.66. The molecule has 2 N–H and O–H groups in total. The molecule has 1 aromatic carbocycles. The summed E-state index contributed by atoms with van der Waals surface area (Å²) in [5, 5.41) is 9.92. The minimum Gasteiger partial charge on any atom is -0.338 e. The van der Waals surface area contributed by atoms with Crippen LogP contribution in [0.2, 0.25) is 0 Å². The third-order valence-electron chi connectivity index (χ3n) is 4.27. The number of halogens is 1. The van der Waals surface area contributed by atoms with Gasteiger partial charge in [-0.2, -0.15) is 11.3 Å². The van der Waals surface area contributed by atoms with Gasteiger partial charge in [0.25, 0.3) is 0 Å². The number of hydrogen-bond donors (Lipinski definition) is 2. The Morgan fingerprint density at radius 1 is 1.20 bits per heavy atom. The van der Waals surface area contributed by atoms with Crippen LogP contribution in [0.25, 0.3) is 0 Å². The molecule has 0 aliphatic rings. The number of benzene rings is 1. The number of thiophene rings is 1. The van der Waals surface area contributed by atoms with Gasteiger partial charge in [-0.3, -0.25) is 4.90 Å². The molecule has 0 aliphatic carbocycles. The van der Waals surface area contributed by atoms with Crippen LogP contribution in [-0.2, 0) is 6.42 Å². The van der Waals surface area contributed by atoms with E-state index in [9.17, 15) is 9.18 Å². The number of carbonyl (C=O) groups excluding carboxylic acids is 1. The van der Waals surface area contributed by atoms with Crippen molar-refractivity contribution in [3.05, 3.63) is 58.0 Å². The molecule has 0 fully saturated rings. The monoisotopic (exact) mass is 363 g/mol. The van der Waals surface area contributed by atoms with E-state index in [-0.39, 0.29) is 17.9 Å². The molecule has 2 aromatic rings. The molecule has 0 radical (unpaired) electrons. The van der Waals surface area contributed by atoms with Crippen LogP contribution in [0.3, 0.4) is 0 Å². The maximum absolute atomic E-state index is 13.6. The topological polar surface area (TPSA) is 44.4 Å². The van der Waals surface area contributed by atoms with Crippen molar-refractivity contribution in [2.45, 2.75) is 26.3 Å². The van der Waals surface area contributed by atoms with Crippen molar-refractivity contribution in [2.24, 2.45) is 0 Å². The first-order chi connectivity index (χ1) is 12.2. The summed E-state index contributed by atoms with van der Waals surface area (Å²) in [4.78, 5) is 14.4. The average Bonchev–Trinajstić information content (AvgIpc) is 3.14. The van der Waals surface area contributed by atoms with E-state index in [1.807, 2.05) is 0 Å². The van der Waals surface area contributed by atoms with E-state index >= 15 is 0 Å². The number of carbonyl (C=O) groups is 1. The summed E-state index contributed by atoms with van der Waals surface area (Å²) in [7, 11) is 0. The van der Waals surface area contributed by atoms with Gasteiger partial charge < -0.3 is 10.6 Å². The van der Waals surface area contributed by atoms with Crippen LogP contribution in [0, 0.1) is 5.82 Å². The maximum atomic E-state index is 13.6. The van der Waals surface area contributed by atoms with E-state index in [4.69, 9.17) is 0 Å². The summed E-state index contributed by atoms with van der Waals surface area (Å²) in [5.74, 6) is -0.233. The van der Waals surface area contributed by atoms with Crippen molar-refractivity contribution in [1.82, 2.24) is 15.5 Å². The average molecular weight is 364 g/mol. The fourth-order valence-corrected chi connectivity index (χ4v) is 3.56. The fourth-order valence-electron chi connectivity index (χ4n) is 2.85. The van der Waals surface area contributed by atoms with E-state index in [0.29, 0.717) is 25.1 Å². The molecule has 0 bridgehead atoms. The number of amides is 2. The second kappa shape index (κ2) is 10.2. The van der Waals surface area contributed by atoms with Crippen LogP contribution >= 0.6 is 11.3 Å². The number of rotatable bonds is 9. The van der Waals surface area contributed by atoms with E-state index in [2.05, 4.69) is 46.2 Å². The van der Waals surface area contributed by atoms with Crippen molar-refractivity contribution >= 4 is 17.4 Å². The largest absolute Gasteiger partial charge is 0.338 e. The molecule has 136 valence electrons. The van der Waals surface area contributed by atoms with Gasteiger partial charge >= 0.3 is 6.03 Å². The first-order valence-corrected chi connectivity index (χ1v) is 9.61. The Bertz CT molecular complexity index is 644. The summed E-state index contributed by atoms with van der Waals surface area (Å²) in [6, 6.07) is 8.69. The van der Waals surface area contributed by atoms with Crippen molar-refractivity contribution in [3.63, 3.8) is 0 Å². The molecule has 2 amide bonds. The lowest BCUT2D eigenvalue weighted by Gasteiger charge is -2.29. The molecule has 4 nitrogen and oxygen atoms in total. The number of nitrogens with zero attached hydrogens (tertiary/aromatic N) is 1. The zero-order valence-corrected chi connectivity index (χ0v) is 15.6. The van der Waals surface area contributed by atoms with Gasteiger partial charge in [0, 0.05) is 13.1 Å². The Morgan fingerprint density at radius 3 is 2.60 bits per heavy atom. The Balaban J connectivity index is 1.81. The SMILES string of the molecule is CCN(CC)C(CNC(=O)NCCc1ccccc1F)c1ccsc1. The molecule has 0 aliphatic heterocycles. The molecule has 1 unspecified atom stereocenters. The summed E-state index contributed by atoms with van der Waals surface area (Å²) in [6.45, 7) is 7.04. The van der Waals surface area contributed by atoms with Gasteiger partial charge in [0.2, 0.25) is 0 Å². The van der Waals surface area contributed by atoms with Gasteiger partial charge in [0.15, 0.2) is 0 Å². The third-order valence-corrected chi connectivity index (χ3v) is 4.98. The zero-order chi connectivity index (χ0) is 18.1. The predicted octanol–water partition coefficient (Wildman–Crippen LogP) is 3.81. The molecular formula is C19H26FN3OS. The summed E-state index contributed by atoms with van der Waals surface area (Å²) < 4.78 is 13.6. The van der Waals surface area contributed by atoms with Crippen molar-refractivity contribution < 1.29 is 9.18 Å². The Kier molecular flexibility index (Phi) is 7.88. The van der Waals surface area contributed by atoms with E-state index in [1.54, 1.807) is 29.5 Å². The number of urea groups is 1. The molecule has 0 spiro atoms. The van der Waals surface area contributed by atoms with Crippen LogP contribution in [-0.4, -0.2) is 37.1 Å². The maximum Gasteiger partial charge on any atom is 0.314 e. The molecular weight excluding hydrogens is 337 g/mol. The standard InChI is InChI=1S/C19H26FN3OS/c1-3-23(4-2)18(16-10-12-25-14-16)13-22-19(24)21-11-9-15-7-5-6-8-17(15)20/h5-8,10,12,14,18H,3-4,9,11,13H2,1-2H3,(H2,21,22,24). The smallest absolute Gasteiger partial charge is 0.314 e. The fraction of sp³-hybridized carbons (Fsp3) is 0.421. The van der Waals surface area contributed by atoms with Crippen LogP contribution < -0.4 is 10.6 Å². The minimum atomic E-state index is -0.233. The van der Waals surface area contributed by atoms with Crippen LogP contribution in [0.5, 0.6) is 0 Å². The van der Waals surface area contributed by atoms with Crippen LogP contribution in [0.4, 0.5) is 9.18 Å². The third kappa shape index (κ3) is 5.83. The van der Waals surface area contributed by atoms with E-state index in [0.717, 1.165) is 13.1 Å². The summed E-state index contributed by atoms with van der Waals surface area (Å²) >= 11 is 1.66. The number of likely N-dealkylation sites (N-methyl/N-ethyl adjacent to an activating group) is 1. The quantitative estimate of drug-likeness (QED) is 0.711. The van der Waals surface area contributed by atoms with Gasteiger partial charge in [0.1, 0.15) is 5.82 Å². The first kappa shape index (κ1) is 19.4. The molecule has 6 heteroatoms. The van der Waals surface area contributed by atoms with Crippen LogP contribution in [0.15, 0.2) is 41.1 Å². The highest BCUT2D eigenvalue weighted by molar-refractivity contribution is 7.07. The Hall–Kier alpha value is -1.92. The van der Waals surface area contributed by atoms with Crippen molar-refractivity contribution in [2.75, 3.05) is 26.2 Å².